The second-order valence-electron chi connectivity index (χ2n) is 4.69. The number of hydrogen-bond acceptors (Lipinski definition) is 4. The first-order valence-corrected chi connectivity index (χ1v) is 8.22. The molecule has 5 nitrogen and oxygen atoms in total. The molecule has 6 heteroatoms. The van der Waals surface area contributed by atoms with Gasteiger partial charge in [-0.1, -0.05) is 13.0 Å². The van der Waals surface area contributed by atoms with Crippen molar-refractivity contribution in [3.05, 3.63) is 42.4 Å². The Balaban J connectivity index is 1.98. The normalized spacial score (nSPS) is 12.1. The first-order valence-electron chi connectivity index (χ1n) is 7.06. The van der Waals surface area contributed by atoms with Gasteiger partial charge in [-0.25, -0.2) is 9.67 Å². The van der Waals surface area contributed by atoms with E-state index >= 15 is 0 Å². The van der Waals surface area contributed by atoms with Crippen LogP contribution in [-0.4, -0.2) is 38.2 Å². The van der Waals surface area contributed by atoms with Crippen LogP contribution < -0.4 is 5.32 Å². The minimum Gasteiger partial charge on any atom is -0.348 e. The number of rotatable bonds is 7. The smallest absolute Gasteiger partial charge is 0.270 e. The average molecular weight is 304 g/mol. The molecule has 1 N–H and O–H groups in total. The van der Waals surface area contributed by atoms with Gasteiger partial charge in [-0.2, -0.15) is 16.9 Å². The zero-order chi connectivity index (χ0) is 15.1. The van der Waals surface area contributed by atoms with Crippen LogP contribution in [0.15, 0.2) is 36.7 Å². The van der Waals surface area contributed by atoms with Crippen LogP contribution in [0.2, 0.25) is 0 Å². The van der Waals surface area contributed by atoms with Gasteiger partial charge in [0.2, 0.25) is 0 Å². The number of pyridine rings is 1. The Bertz CT molecular complexity index is 571. The lowest BCUT2D eigenvalue weighted by atomic mass is 10.2. The van der Waals surface area contributed by atoms with Crippen LogP contribution >= 0.6 is 11.8 Å². The highest BCUT2D eigenvalue weighted by molar-refractivity contribution is 7.99. The van der Waals surface area contributed by atoms with Gasteiger partial charge < -0.3 is 5.32 Å². The Morgan fingerprint density at radius 3 is 3.00 bits per heavy atom. The zero-order valence-electron chi connectivity index (χ0n) is 12.3. The molecule has 0 aromatic carbocycles. The number of carbonyl (C=O) groups is 1. The highest BCUT2D eigenvalue weighted by atomic mass is 32.2. The number of thioether (sulfide) groups is 1. The summed E-state index contributed by atoms with van der Waals surface area (Å²) in [4.78, 5) is 16.5. The van der Waals surface area contributed by atoms with Crippen molar-refractivity contribution in [2.75, 3.05) is 11.5 Å². The largest absolute Gasteiger partial charge is 0.348 e. The number of hydrogen-bond donors (Lipinski definition) is 1. The van der Waals surface area contributed by atoms with Crippen molar-refractivity contribution in [3.63, 3.8) is 0 Å². The van der Waals surface area contributed by atoms with Gasteiger partial charge in [0.25, 0.3) is 5.91 Å². The predicted molar refractivity (Wildman–Crippen MR) is 85.9 cm³/mol. The molecule has 0 saturated carbocycles. The van der Waals surface area contributed by atoms with Gasteiger partial charge in [0.1, 0.15) is 5.69 Å². The van der Waals surface area contributed by atoms with Gasteiger partial charge in [-0.05, 0) is 43.0 Å². The molecule has 1 atom stereocenters. The third-order valence-corrected chi connectivity index (χ3v) is 3.92. The van der Waals surface area contributed by atoms with Crippen molar-refractivity contribution in [1.82, 2.24) is 20.1 Å². The van der Waals surface area contributed by atoms with Gasteiger partial charge in [-0.15, -0.1) is 0 Å². The van der Waals surface area contributed by atoms with Gasteiger partial charge >= 0.3 is 0 Å². The first kappa shape index (κ1) is 15.6. The number of nitrogens with one attached hydrogen (secondary N) is 1. The zero-order valence-corrected chi connectivity index (χ0v) is 13.1. The first-order chi connectivity index (χ1) is 10.2. The summed E-state index contributed by atoms with van der Waals surface area (Å²) >= 11 is 1.88. The lowest BCUT2D eigenvalue weighted by Gasteiger charge is -2.13. The molecule has 2 heterocycles. The standard InChI is InChI=1S/C15H20N4OS/c1-3-21-11-8-12(2)17-15(20)13-6-4-7-14(18-13)19-10-5-9-16-19/h4-7,9-10,12H,3,8,11H2,1-2H3,(H,17,20)/t12-/m1/s1. The monoisotopic (exact) mass is 304 g/mol. The van der Waals surface area contributed by atoms with Gasteiger partial charge in [-0.3, -0.25) is 4.79 Å². The quantitative estimate of drug-likeness (QED) is 0.799. The predicted octanol–water partition coefficient (Wildman–Crippen LogP) is 2.53. The second kappa shape index (κ2) is 7.83. The Labute approximate surface area is 129 Å². The number of carbonyl (C=O) groups excluding carboxylic acids is 1. The Morgan fingerprint density at radius 2 is 2.29 bits per heavy atom. The fourth-order valence-corrected chi connectivity index (χ4v) is 2.66. The molecule has 0 fully saturated rings. The van der Waals surface area contributed by atoms with Crippen molar-refractivity contribution < 1.29 is 4.79 Å². The van der Waals surface area contributed by atoms with Crippen LogP contribution in [0, 0.1) is 0 Å². The molecular formula is C15H20N4OS. The molecule has 1 amide bonds. The van der Waals surface area contributed by atoms with Crippen LogP contribution in [-0.2, 0) is 0 Å². The topological polar surface area (TPSA) is 59.8 Å². The molecule has 0 unspecified atom stereocenters. The highest BCUT2D eigenvalue weighted by Crippen LogP contribution is 2.07. The summed E-state index contributed by atoms with van der Waals surface area (Å²) in [6, 6.07) is 7.33. The fourth-order valence-electron chi connectivity index (χ4n) is 1.86. The molecule has 2 aromatic heterocycles. The summed E-state index contributed by atoms with van der Waals surface area (Å²) in [5, 5.41) is 7.10. The molecule has 2 aromatic rings. The van der Waals surface area contributed by atoms with Crippen LogP contribution in [0.4, 0.5) is 0 Å². The van der Waals surface area contributed by atoms with Gasteiger partial charge in [0.05, 0.1) is 0 Å². The summed E-state index contributed by atoms with van der Waals surface area (Å²) < 4.78 is 1.64. The lowest BCUT2D eigenvalue weighted by molar-refractivity contribution is 0.0934. The van der Waals surface area contributed by atoms with Crippen molar-refractivity contribution in [3.8, 4) is 5.82 Å². The van der Waals surface area contributed by atoms with E-state index in [2.05, 4.69) is 22.3 Å². The lowest BCUT2D eigenvalue weighted by Crippen LogP contribution is -2.33. The third-order valence-electron chi connectivity index (χ3n) is 2.98. The summed E-state index contributed by atoms with van der Waals surface area (Å²) in [6.07, 6.45) is 4.44. The third kappa shape index (κ3) is 4.60. The number of aromatic nitrogens is 3. The molecule has 0 aliphatic heterocycles. The summed E-state index contributed by atoms with van der Waals surface area (Å²) in [6.45, 7) is 4.16. The Hall–Kier alpha value is -1.82. The van der Waals surface area contributed by atoms with Crippen molar-refractivity contribution in [1.29, 1.82) is 0 Å². The van der Waals surface area contributed by atoms with E-state index in [1.54, 1.807) is 23.1 Å². The molecule has 21 heavy (non-hydrogen) atoms. The van der Waals surface area contributed by atoms with E-state index in [1.165, 1.54) is 0 Å². The van der Waals surface area contributed by atoms with E-state index in [0.717, 1.165) is 17.9 Å². The van der Waals surface area contributed by atoms with E-state index in [0.29, 0.717) is 11.5 Å². The van der Waals surface area contributed by atoms with E-state index < -0.39 is 0 Å². The summed E-state index contributed by atoms with van der Waals surface area (Å²) in [5.74, 6) is 2.66. The van der Waals surface area contributed by atoms with Crippen molar-refractivity contribution in [2.45, 2.75) is 26.3 Å². The maximum Gasteiger partial charge on any atom is 0.270 e. The van der Waals surface area contributed by atoms with Crippen LogP contribution in [0.5, 0.6) is 0 Å². The van der Waals surface area contributed by atoms with E-state index in [1.807, 2.05) is 36.9 Å². The SMILES string of the molecule is CCSCC[C@@H](C)NC(=O)c1cccc(-n2cccn2)n1. The van der Waals surface area contributed by atoms with Crippen molar-refractivity contribution >= 4 is 17.7 Å². The minimum atomic E-state index is -0.141. The van der Waals surface area contributed by atoms with E-state index in [4.69, 9.17) is 0 Å². The fraction of sp³-hybridized carbons (Fsp3) is 0.400. The molecular weight excluding hydrogens is 284 g/mol. The molecule has 112 valence electrons. The number of amides is 1. The molecule has 0 radical (unpaired) electrons. The Morgan fingerprint density at radius 1 is 1.43 bits per heavy atom. The molecule has 2 rings (SSSR count). The van der Waals surface area contributed by atoms with Crippen molar-refractivity contribution in [2.24, 2.45) is 0 Å². The number of nitrogens with zero attached hydrogens (tertiary/aromatic N) is 3. The molecule has 0 aliphatic rings. The summed E-state index contributed by atoms with van der Waals surface area (Å²) in [5.41, 5.74) is 0.415. The Kier molecular flexibility index (Phi) is 5.80. The highest BCUT2D eigenvalue weighted by Gasteiger charge is 2.12. The van der Waals surface area contributed by atoms with E-state index in [9.17, 15) is 4.79 Å². The molecule has 0 spiro atoms. The van der Waals surface area contributed by atoms with Crippen LogP contribution in [0.3, 0.4) is 0 Å². The van der Waals surface area contributed by atoms with Gasteiger partial charge in [0, 0.05) is 18.4 Å². The molecule has 0 bridgehead atoms. The second-order valence-corrected chi connectivity index (χ2v) is 6.09. The maximum atomic E-state index is 12.2. The average Bonchev–Trinajstić information content (AvgIpc) is 3.02. The van der Waals surface area contributed by atoms with Crippen LogP contribution in [0.1, 0.15) is 30.8 Å². The molecule has 0 aliphatic carbocycles. The van der Waals surface area contributed by atoms with E-state index in [-0.39, 0.29) is 11.9 Å². The van der Waals surface area contributed by atoms with Crippen LogP contribution in [0.25, 0.3) is 5.82 Å². The molecule has 0 saturated heterocycles. The van der Waals surface area contributed by atoms with Gasteiger partial charge in [0.15, 0.2) is 5.82 Å². The summed E-state index contributed by atoms with van der Waals surface area (Å²) in [7, 11) is 0. The maximum absolute atomic E-state index is 12.2. The minimum absolute atomic E-state index is 0.141.